The molecule has 0 aliphatic carbocycles. The van der Waals surface area contributed by atoms with Crippen LogP contribution >= 0.6 is 0 Å². The minimum absolute atomic E-state index is 0.0605. The Bertz CT molecular complexity index is 536. The first-order valence-electron chi connectivity index (χ1n) is 6.13. The molecule has 0 fully saturated rings. The third kappa shape index (κ3) is 3.89. The van der Waals surface area contributed by atoms with Crippen molar-refractivity contribution in [3.8, 4) is 5.69 Å². The molecule has 1 aromatic carbocycles. The van der Waals surface area contributed by atoms with Gasteiger partial charge < -0.3 is 10.6 Å². The summed E-state index contributed by atoms with van der Waals surface area (Å²) in [7, 11) is 0. The zero-order valence-corrected chi connectivity index (χ0v) is 11.0. The predicted molar refractivity (Wildman–Crippen MR) is 73.1 cm³/mol. The third-order valence-corrected chi connectivity index (χ3v) is 2.52. The SMILES string of the molecule is CC(C)NCC(=O)Nc1cccc(-n2cnnc2)c1. The van der Waals surface area contributed by atoms with E-state index in [2.05, 4.69) is 20.8 Å². The van der Waals surface area contributed by atoms with Crippen molar-refractivity contribution in [2.24, 2.45) is 0 Å². The highest BCUT2D eigenvalue weighted by molar-refractivity contribution is 5.92. The summed E-state index contributed by atoms with van der Waals surface area (Å²) in [6, 6.07) is 7.80. The van der Waals surface area contributed by atoms with Crippen molar-refractivity contribution in [3.63, 3.8) is 0 Å². The van der Waals surface area contributed by atoms with Crippen molar-refractivity contribution in [1.82, 2.24) is 20.1 Å². The Morgan fingerprint density at radius 2 is 2.05 bits per heavy atom. The summed E-state index contributed by atoms with van der Waals surface area (Å²) < 4.78 is 1.78. The Kier molecular flexibility index (Phi) is 4.25. The number of nitrogens with one attached hydrogen (secondary N) is 2. The van der Waals surface area contributed by atoms with E-state index in [4.69, 9.17) is 0 Å². The number of amides is 1. The highest BCUT2D eigenvalue weighted by Crippen LogP contribution is 2.13. The van der Waals surface area contributed by atoms with E-state index in [0.717, 1.165) is 11.4 Å². The van der Waals surface area contributed by atoms with Crippen LogP contribution in [0.5, 0.6) is 0 Å². The Hall–Kier alpha value is -2.21. The number of aromatic nitrogens is 3. The lowest BCUT2D eigenvalue weighted by atomic mass is 10.2. The number of anilines is 1. The maximum Gasteiger partial charge on any atom is 0.238 e. The first-order chi connectivity index (χ1) is 9.15. The second kappa shape index (κ2) is 6.10. The van der Waals surface area contributed by atoms with Gasteiger partial charge >= 0.3 is 0 Å². The van der Waals surface area contributed by atoms with Crippen LogP contribution in [-0.2, 0) is 4.79 Å². The number of hydrogen-bond acceptors (Lipinski definition) is 4. The number of rotatable bonds is 5. The topological polar surface area (TPSA) is 71.8 Å². The molecule has 0 aliphatic heterocycles. The van der Waals surface area contributed by atoms with Crippen LogP contribution in [0.2, 0.25) is 0 Å². The van der Waals surface area contributed by atoms with E-state index in [-0.39, 0.29) is 11.9 Å². The van der Waals surface area contributed by atoms with Gasteiger partial charge in [0.2, 0.25) is 5.91 Å². The highest BCUT2D eigenvalue weighted by Gasteiger charge is 2.04. The molecule has 0 aliphatic rings. The average Bonchev–Trinajstić information content (AvgIpc) is 2.90. The summed E-state index contributed by atoms with van der Waals surface area (Å²) in [6.07, 6.45) is 3.22. The maximum atomic E-state index is 11.7. The standard InChI is InChI=1S/C13H17N5O/c1-10(2)14-7-13(19)17-11-4-3-5-12(6-11)18-8-15-16-9-18/h3-6,8-10,14H,7H2,1-2H3,(H,17,19). The quantitative estimate of drug-likeness (QED) is 0.846. The minimum atomic E-state index is -0.0605. The molecule has 0 atom stereocenters. The molecule has 1 heterocycles. The van der Waals surface area contributed by atoms with Crippen molar-refractivity contribution in [2.75, 3.05) is 11.9 Å². The summed E-state index contributed by atoms with van der Waals surface area (Å²) in [5, 5.41) is 13.4. The van der Waals surface area contributed by atoms with E-state index in [0.29, 0.717) is 6.54 Å². The molecule has 19 heavy (non-hydrogen) atoms. The molecular weight excluding hydrogens is 242 g/mol. The molecule has 100 valence electrons. The van der Waals surface area contributed by atoms with Gasteiger partial charge in [0, 0.05) is 11.7 Å². The molecule has 0 saturated carbocycles. The summed E-state index contributed by atoms with van der Waals surface area (Å²) in [5.74, 6) is -0.0605. The number of hydrogen-bond donors (Lipinski definition) is 2. The van der Waals surface area contributed by atoms with Crippen LogP contribution in [-0.4, -0.2) is 33.3 Å². The molecule has 1 amide bonds. The Labute approximate surface area is 111 Å². The zero-order chi connectivity index (χ0) is 13.7. The van der Waals surface area contributed by atoms with Crippen LogP contribution in [0, 0.1) is 0 Å². The molecule has 0 saturated heterocycles. The normalized spacial score (nSPS) is 10.7. The number of carbonyl (C=O) groups is 1. The molecule has 1 aromatic heterocycles. The largest absolute Gasteiger partial charge is 0.325 e. The van der Waals surface area contributed by atoms with Gasteiger partial charge in [0.15, 0.2) is 0 Å². The maximum absolute atomic E-state index is 11.7. The summed E-state index contributed by atoms with van der Waals surface area (Å²) in [4.78, 5) is 11.7. The molecule has 0 radical (unpaired) electrons. The van der Waals surface area contributed by atoms with E-state index in [9.17, 15) is 4.79 Å². The number of benzene rings is 1. The van der Waals surface area contributed by atoms with Crippen LogP contribution in [0.25, 0.3) is 5.69 Å². The van der Waals surface area contributed by atoms with Gasteiger partial charge in [-0.1, -0.05) is 19.9 Å². The Balaban J connectivity index is 2.01. The summed E-state index contributed by atoms with van der Waals surface area (Å²) in [5.41, 5.74) is 1.65. The molecule has 2 aromatic rings. The lowest BCUT2D eigenvalue weighted by Crippen LogP contribution is -2.32. The van der Waals surface area contributed by atoms with Crippen LogP contribution in [0.3, 0.4) is 0 Å². The van der Waals surface area contributed by atoms with E-state index < -0.39 is 0 Å². The van der Waals surface area contributed by atoms with Crippen LogP contribution < -0.4 is 10.6 Å². The Morgan fingerprint density at radius 3 is 2.74 bits per heavy atom. The van der Waals surface area contributed by atoms with Gasteiger partial charge in [-0.05, 0) is 18.2 Å². The molecule has 0 spiro atoms. The second-order valence-electron chi connectivity index (χ2n) is 4.50. The highest BCUT2D eigenvalue weighted by atomic mass is 16.1. The first-order valence-corrected chi connectivity index (χ1v) is 6.13. The molecule has 2 N–H and O–H groups in total. The van der Waals surface area contributed by atoms with Crippen LogP contribution in [0.1, 0.15) is 13.8 Å². The molecular formula is C13H17N5O. The fraction of sp³-hybridized carbons (Fsp3) is 0.308. The first kappa shape index (κ1) is 13.2. The molecule has 6 heteroatoms. The Morgan fingerprint density at radius 1 is 1.32 bits per heavy atom. The van der Waals surface area contributed by atoms with E-state index in [1.165, 1.54) is 0 Å². The minimum Gasteiger partial charge on any atom is -0.325 e. The van der Waals surface area contributed by atoms with Gasteiger partial charge in [0.05, 0.1) is 12.2 Å². The van der Waals surface area contributed by atoms with E-state index >= 15 is 0 Å². The van der Waals surface area contributed by atoms with Gasteiger partial charge in [0.25, 0.3) is 0 Å². The van der Waals surface area contributed by atoms with Crippen molar-refractivity contribution in [1.29, 1.82) is 0 Å². The molecule has 0 unspecified atom stereocenters. The average molecular weight is 259 g/mol. The molecule has 2 rings (SSSR count). The van der Waals surface area contributed by atoms with Crippen LogP contribution in [0.4, 0.5) is 5.69 Å². The fourth-order valence-electron chi connectivity index (χ4n) is 1.58. The summed E-state index contributed by atoms with van der Waals surface area (Å²) in [6.45, 7) is 4.30. The smallest absolute Gasteiger partial charge is 0.238 e. The van der Waals surface area contributed by atoms with Gasteiger partial charge in [-0.3, -0.25) is 9.36 Å². The van der Waals surface area contributed by atoms with Crippen molar-refractivity contribution < 1.29 is 4.79 Å². The van der Waals surface area contributed by atoms with Crippen molar-refractivity contribution in [2.45, 2.75) is 19.9 Å². The van der Waals surface area contributed by atoms with Crippen molar-refractivity contribution in [3.05, 3.63) is 36.9 Å². The molecule has 6 nitrogen and oxygen atoms in total. The second-order valence-corrected chi connectivity index (χ2v) is 4.50. The monoisotopic (exact) mass is 259 g/mol. The van der Waals surface area contributed by atoms with Gasteiger partial charge in [-0.25, -0.2) is 0 Å². The predicted octanol–water partition coefficient (Wildman–Crippen LogP) is 1.20. The lowest BCUT2D eigenvalue weighted by molar-refractivity contribution is -0.115. The lowest BCUT2D eigenvalue weighted by Gasteiger charge is -2.10. The van der Waals surface area contributed by atoms with Crippen LogP contribution in [0.15, 0.2) is 36.9 Å². The third-order valence-electron chi connectivity index (χ3n) is 2.52. The fourth-order valence-corrected chi connectivity index (χ4v) is 1.58. The van der Waals surface area contributed by atoms with Gasteiger partial charge in [-0.15, -0.1) is 10.2 Å². The van der Waals surface area contributed by atoms with E-state index in [1.54, 1.807) is 17.2 Å². The van der Waals surface area contributed by atoms with Crippen molar-refractivity contribution >= 4 is 11.6 Å². The zero-order valence-electron chi connectivity index (χ0n) is 11.0. The molecule has 0 bridgehead atoms. The van der Waals surface area contributed by atoms with Gasteiger partial charge in [0.1, 0.15) is 12.7 Å². The number of nitrogens with zero attached hydrogens (tertiary/aromatic N) is 3. The van der Waals surface area contributed by atoms with Gasteiger partial charge in [-0.2, -0.15) is 0 Å². The number of carbonyl (C=O) groups excluding carboxylic acids is 1. The summed E-state index contributed by atoms with van der Waals surface area (Å²) >= 11 is 0. The van der Waals surface area contributed by atoms with E-state index in [1.807, 2.05) is 38.1 Å².